The Balaban J connectivity index is 2.36. The van der Waals surface area contributed by atoms with Crippen molar-refractivity contribution in [1.82, 2.24) is 0 Å². The minimum Gasteiger partial charge on any atom is -0.382 e. The summed E-state index contributed by atoms with van der Waals surface area (Å²) in [6, 6.07) is 3.71. The molecule has 2 aromatic heterocycles. The van der Waals surface area contributed by atoms with Crippen LogP contribution in [-0.2, 0) is 0 Å². The molecule has 0 aliphatic heterocycles. The summed E-state index contributed by atoms with van der Waals surface area (Å²) in [6.45, 7) is 0. The molecule has 0 aromatic carbocycles. The molecule has 1 nitrogen and oxygen atoms in total. The van der Waals surface area contributed by atoms with Crippen molar-refractivity contribution in [2.75, 3.05) is 0 Å². The van der Waals surface area contributed by atoms with Crippen LogP contribution >= 0.6 is 66.1 Å². The molecule has 0 saturated heterocycles. The van der Waals surface area contributed by atoms with Gasteiger partial charge in [-0.15, -0.1) is 22.7 Å². The number of aliphatic hydroxyl groups is 1. The molecule has 1 unspecified atom stereocenters. The Hall–Kier alpha value is 0.610. The topological polar surface area (TPSA) is 20.2 Å². The van der Waals surface area contributed by atoms with Crippen LogP contribution in [0, 0.1) is 0 Å². The summed E-state index contributed by atoms with van der Waals surface area (Å²) in [4.78, 5) is 1.75. The highest BCUT2D eigenvalue weighted by molar-refractivity contribution is 9.11. The Bertz CT molecular complexity index is 461. The van der Waals surface area contributed by atoms with Gasteiger partial charge >= 0.3 is 0 Å². The van der Waals surface area contributed by atoms with Gasteiger partial charge in [-0.3, -0.25) is 0 Å². The predicted octanol–water partition coefficient (Wildman–Crippen LogP) is 5.07. The van der Waals surface area contributed by atoms with Crippen LogP contribution in [0.4, 0.5) is 0 Å². The lowest BCUT2D eigenvalue weighted by Crippen LogP contribution is -1.93. The maximum atomic E-state index is 10.1. The van der Waals surface area contributed by atoms with Gasteiger partial charge in [0.1, 0.15) is 6.10 Å². The van der Waals surface area contributed by atoms with Crippen molar-refractivity contribution in [2.24, 2.45) is 0 Å². The Morgan fingerprint density at radius 3 is 2.60 bits per heavy atom. The Morgan fingerprint density at radius 1 is 1.40 bits per heavy atom. The molecule has 2 aromatic rings. The number of hydrogen-bond acceptors (Lipinski definition) is 3. The van der Waals surface area contributed by atoms with Crippen LogP contribution in [0.2, 0.25) is 5.02 Å². The van der Waals surface area contributed by atoms with E-state index in [9.17, 15) is 5.11 Å². The quantitative estimate of drug-likeness (QED) is 0.762. The SMILES string of the molecule is OC(c1cc(Cl)c(Br)s1)c1sccc1Br. The van der Waals surface area contributed by atoms with Gasteiger partial charge < -0.3 is 5.11 Å². The van der Waals surface area contributed by atoms with Gasteiger partial charge in [0, 0.05) is 9.35 Å². The molecular formula is C9H5Br2ClOS2. The van der Waals surface area contributed by atoms with Gasteiger partial charge in [0.2, 0.25) is 0 Å². The summed E-state index contributed by atoms with van der Waals surface area (Å²) < 4.78 is 1.78. The van der Waals surface area contributed by atoms with Crippen molar-refractivity contribution in [3.05, 3.63) is 40.5 Å². The molecule has 0 fully saturated rings. The van der Waals surface area contributed by atoms with Crippen LogP contribution in [0.15, 0.2) is 25.8 Å². The first-order valence-electron chi connectivity index (χ1n) is 3.95. The number of rotatable bonds is 2. The van der Waals surface area contributed by atoms with E-state index in [-0.39, 0.29) is 0 Å². The largest absolute Gasteiger partial charge is 0.382 e. The van der Waals surface area contributed by atoms with Gasteiger partial charge in [0.15, 0.2) is 0 Å². The zero-order valence-corrected chi connectivity index (χ0v) is 12.8. The monoisotopic (exact) mass is 386 g/mol. The van der Waals surface area contributed by atoms with Crippen molar-refractivity contribution >= 4 is 66.1 Å². The van der Waals surface area contributed by atoms with Gasteiger partial charge in [-0.1, -0.05) is 11.6 Å². The molecule has 2 heterocycles. The molecule has 0 bridgehead atoms. The average Bonchev–Trinajstić information content (AvgIpc) is 2.74. The summed E-state index contributed by atoms with van der Waals surface area (Å²) in [5, 5.41) is 12.7. The molecule has 2 rings (SSSR count). The predicted molar refractivity (Wildman–Crippen MR) is 73.1 cm³/mol. The molecule has 1 N–H and O–H groups in total. The van der Waals surface area contributed by atoms with Crippen molar-refractivity contribution in [3.63, 3.8) is 0 Å². The zero-order valence-electron chi connectivity index (χ0n) is 7.21. The molecule has 0 amide bonds. The second kappa shape index (κ2) is 4.85. The molecule has 15 heavy (non-hydrogen) atoms. The standard InChI is InChI=1S/C9H5Br2ClOS2/c10-4-1-2-14-8(4)7(13)6-3-5(12)9(11)15-6/h1-3,7,13H. The number of aliphatic hydroxyl groups excluding tert-OH is 1. The van der Waals surface area contributed by atoms with E-state index in [1.54, 1.807) is 6.07 Å². The lowest BCUT2D eigenvalue weighted by Gasteiger charge is -2.05. The molecule has 0 aliphatic rings. The van der Waals surface area contributed by atoms with E-state index in [0.717, 1.165) is 18.0 Å². The summed E-state index contributed by atoms with van der Waals surface area (Å²) in [5.74, 6) is 0. The molecule has 0 radical (unpaired) electrons. The van der Waals surface area contributed by atoms with Crippen molar-refractivity contribution < 1.29 is 5.11 Å². The highest BCUT2D eigenvalue weighted by atomic mass is 79.9. The fourth-order valence-corrected chi connectivity index (χ4v) is 4.54. The third kappa shape index (κ3) is 2.48. The summed E-state index contributed by atoms with van der Waals surface area (Å²) in [6.07, 6.45) is -0.604. The fraction of sp³-hybridized carbons (Fsp3) is 0.111. The normalized spacial score (nSPS) is 13.1. The first kappa shape index (κ1) is 12.1. The van der Waals surface area contributed by atoms with Gasteiger partial charge in [-0.2, -0.15) is 0 Å². The van der Waals surface area contributed by atoms with Gasteiger partial charge in [-0.05, 0) is 49.4 Å². The maximum Gasteiger partial charge on any atom is 0.124 e. The average molecular weight is 389 g/mol. The van der Waals surface area contributed by atoms with Crippen molar-refractivity contribution in [3.8, 4) is 0 Å². The van der Waals surface area contributed by atoms with Gasteiger partial charge in [0.25, 0.3) is 0 Å². The first-order valence-corrected chi connectivity index (χ1v) is 7.61. The van der Waals surface area contributed by atoms with E-state index in [0.29, 0.717) is 5.02 Å². The van der Waals surface area contributed by atoms with E-state index in [1.807, 2.05) is 11.4 Å². The number of hydrogen-bond donors (Lipinski definition) is 1. The molecule has 80 valence electrons. The van der Waals surface area contributed by atoms with Gasteiger partial charge in [0.05, 0.1) is 13.7 Å². The Labute approximate surface area is 117 Å². The van der Waals surface area contributed by atoms with Crippen molar-refractivity contribution in [1.29, 1.82) is 0 Å². The van der Waals surface area contributed by atoms with Crippen LogP contribution in [-0.4, -0.2) is 5.11 Å². The van der Waals surface area contributed by atoms with Crippen molar-refractivity contribution in [2.45, 2.75) is 6.10 Å². The van der Waals surface area contributed by atoms with Crippen LogP contribution in [0.3, 0.4) is 0 Å². The second-order valence-electron chi connectivity index (χ2n) is 2.81. The van der Waals surface area contributed by atoms with E-state index < -0.39 is 6.10 Å². The number of halogens is 3. The van der Waals surface area contributed by atoms with Crippen LogP contribution in [0.25, 0.3) is 0 Å². The lowest BCUT2D eigenvalue weighted by atomic mass is 10.2. The highest BCUT2D eigenvalue weighted by Gasteiger charge is 2.18. The van der Waals surface area contributed by atoms with E-state index in [4.69, 9.17) is 11.6 Å². The third-order valence-corrected chi connectivity index (χ3v) is 6.28. The Kier molecular flexibility index (Phi) is 3.91. The van der Waals surface area contributed by atoms with E-state index >= 15 is 0 Å². The molecule has 0 saturated carbocycles. The zero-order chi connectivity index (χ0) is 11.0. The molecule has 0 spiro atoms. The summed E-state index contributed by atoms with van der Waals surface area (Å²) in [7, 11) is 0. The summed E-state index contributed by atoms with van der Waals surface area (Å²) in [5.41, 5.74) is 0. The van der Waals surface area contributed by atoms with Crippen LogP contribution in [0.5, 0.6) is 0 Å². The van der Waals surface area contributed by atoms with Crippen LogP contribution < -0.4 is 0 Å². The lowest BCUT2D eigenvalue weighted by molar-refractivity contribution is 0.227. The second-order valence-corrected chi connectivity index (χ2v) is 7.42. The Morgan fingerprint density at radius 2 is 2.13 bits per heavy atom. The third-order valence-electron chi connectivity index (χ3n) is 1.83. The number of thiophene rings is 2. The minimum absolute atomic E-state index is 0.604. The smallest absolute Gasteiger partial charge is 0.124 e. The minimum atomic E-state index is -0.604. The highest BCUT2D eigenvalue weighted by Crippen LogP contribution is 2.40. The van der Waals surface area contributed by atoms with E-state index in [1.165, 1.54) is 22.7 Å². The van der Waals surface area contributed by atoms with E-state index in [2.05, 4.69) is 31.9 Å². The molecule has 0 aliphatic carbocycles. The maximum absolute atomic E-state index is 10.1. The molecule has 6 heteroatoms. The molecular weight excluding hydrogens is 383 g/mol. The molecule has 1 atom stereocenters. The van der Waals surface area contributed by atoms with Gasteiger partial charge in [-0.25, -0.2) is 0 Å². The fourth-order valence-electron chi connectivity index (χ4n) is 1.13. The first-order chi connectivity index (χ1) is 7.09. The van der Waals surface area contributed by atoms with Crippen LogP contribution in [0.1, 0.15) is 15.9 Å². The summed E-state index contributed by atoms with van der Waals surface area (Å²) >= 11 is 15.6.